The standard InChI is InChI=1S/C20H19F4NO8S/c1-5(2)25-15-7-4-8(16(15)32-6(3)26)10(9(7)19(25)27)20(28)33-17-11(21)13(23)18(34(29,30)31)14(24)12(17)22/h5,7-10,15-16H,4H2,1-3H3,(H,29,30,31). The number of nitrogens with zero attached hydrogens (tertiary/aromatic N) is 1. The number of hydrogen-bond donors (Lipinski definition) is 1. The van der Waals surface area contributed by atoms with Gasteiger partial charge in [0.2, 0.25) is 23.3 Å². The van der Waals surface area contributed by atoms with Crippen molar-refractivity contribution in [2.45, 2.75) is 50.3 Å². The minimum absolute atomic E-state index is 0.261. The minimum atomic E-state index is -5.69. The molecule has 0 radical (unpaired) electrons. The number of ether oxygens (including phenoxy) is 2. The van der Waals surface area contributed by atoms with Crippen LogP contribution in [-0.4, -0.2) is 53.9 Å². The predicted molar refractivity (Wildman–Crippen MR) is 102 cm³/mol. The zero-order valence-corrected chi connectivity index (χ0v) is 18.7. The summed E-state index contributed by atoms with van der Waals surface area (Å²) in [5.41, 5.74) is 0. The second-order valence-electron chi connectivity index (χ2n) is 8.83. The van der Waals surface area contributed by atoms with E-state index in [9.17, 15) is 40.4 Å². The molecular formula is C20H19F4NO8S. The lowest BCUT2D eigenvalue weighted by molar-refractivity contribution is -0.158. The normalized spacial score (nSPS) is 29.8. The number of likely N-dealkylation sites (tertiary alicyclic amines) is 1. The quantitative estimate of drug-likeness (QED) is 0.209. The van der Waals surface area contributed by atoms with Gasteiger partial charge in [-0.1, -0.05) is 0 Å². The van der Waals surface area contributed by atoms with Crippen LogP contribution in [0.15, 0.2) is 4.90 Å². The van der Waals surface area contributed by atoms with Gasteiger partial charge in [0.15, 0.2) is 16.5 Å². The van der Waals surface area contributed by atoms with Crippen molar-refractivity contribution in [3.8, 4) is 5.75 Å². The minimum Gasteiger partial charge on any atom is -0.460 e. The summed E-state index contributed by atoms with van der Waals surface area (Å²) in [5, 5.41) is 0. The third kappa shape index (κ3) is 3.37. The highest BCUT2D eigenvalue weighted by Crippen LogP contribution is 2.60. The molecule has 2 saturated carbocycles. The SMILES string of the molecule is CC(=O)OC1C2CC3C(C(=O)N(C(C)C)C31)C2C(=O)Oc1c(F)c(F)c(S(=O)(=O)O)c(F)c1F. The molecule has 1 heterocycles. The van der Waals surface area contributed by atoms with E-state index in [1.807, 2.05) is 0 Å². The maximum absolute atomic E-state index is 14.4. The van der Waals surface area contributed by atoms with Gasteiger partial charge in [0.1, 0.15) is 6.10 Å². The van der Waals surface area contributed by atoms with Crippen LogP contribution in [0.25, 0.3) is 0 Å². The van der Waals surface area contributed by atoms with Gasteiger partial charge in [-0.25, -0.2) is 8.78 Å². The van der Waals surface area contributed by atoms with E-state index in [2.05, 4.69) is 4.74 Å². The van der Waals surface area contributed by atoms with Crippen LogP contribution in [0, 0.1) is 46.9 Å². The van der Waals surface area contributed by atoms with Crippen molar-refractivity contribution < 1.29 is 54.4 Å². The molecule has 6 unspecified atom stereocenters. The Hall–Kier alpha value is -2.74. The van der Waals surface area contributed by atoms with Crippen LogP contribution in [0.1, 0.15) is 27.2 Å². The maximum atomic E-state index is 14.4. The summed E-state index contributed by atoms with van der Waals surface area (Å²) in [7, 11) is -5.69. The van der Waals surface area contributed by atoms with Gasteiger partial charge in [-0.15, -0.1) is 0 Å². The number of halogens is 4. The van der Waals surface area contributed by atoms with Crippen LogP contribution in [-0.2, 0) is 29.2 Å². The monoisotopic (exact) mass is 509 g/mol. The fourth-order valence-electron chi connectivity index (χ4n) is 5.69. The molecule has 6 atom stereocenters. The molecule has 0 spiro atoms. The smallest absolute Gasteiger partial charge is 0.315 e. The van der Waals surface area contributed by atoms with Crippen molar-refractivity contribution in [3.63, 3.8) is 0 Å². The summed E-state index contributed by atoms with van der Waals surface area (Å²) in [6.07, 6.45) is -0.646. The van der Waals surface area contributed by atoms with Gasteiger partial charge in [0.25, 0.3) is 0 Å². The van der Waals surface area contributed by atoms with Crippen LogP contribution in [0.2, 0.25) is 0 Å². The Morgan fingerprint density at radius 2 is 1.62 bits per heavy atom. The third-order valence-corrected chi connectivity index (χ3v) is 7.56. The lowest BCUT2D eigenvalue weighted by Crippen LogP contribution is -2.48. The van der Waals surface area contributed by atoms with Crippen molar-refractivity contribution in [1.82, 2.24) is 4.90 Å². The molecule has 186 valence electrons. The molecule has 1 saturated heterocycles. The molecule has 14 heteroatoms. The van der Waals surface area contributed by atoms with Crippen LogP contribution in [0.5, 0.6) is 5.75 Å². The number of carbonyl (C=O) groups excluding carboxylic acids is 3. The first-order valence-electron chi connectivity index (χ1n) is 10.2. The van der Waals surface area contributed by atoms with E-state index in [0.717, 1.165) is 6.92 Å². The maximum Gasteiger partial charge on any atom is 0.315 e. The highest BCUT2D eigenvalue weighted by Gasteiger charge is 2.71. The molecular weight excluding hydrogens is 490 g/mol. The van der Waals surface area contributed by atoms with Gasteiger partial charge in [0.05, 0.1) is 17.9 Å². The Kier molecular flexibility index (Phi) is 5.67. The van der Waals surface area contributed by atoms with Crippen molar-refractivity contribution in [2.24, 2.45) is 23.7 Å². The van der Waals surface area contributed by atoms with Gasteiger partial charge in [-0.3, -0.25) is 18.9 Å². The zero-order valence-electron chi connectivity index (χ0n) is 17.9. The van der Waals surface area contributed by atoms with Crippen LogP contribution in [0.4, 0.5) is 17.6 Å². The predicted octanol–water partition coefficient (Wildman–Crippen LogP) is 1.83. The van der Waals surface area contributed by atoms with E-state index in [1.54, 1.807) is 13.8 Å². The fraction of sp³-hybridized carbons (Fsp3) is 0.550. The summed E-state index contributed by atoms with van der Waals surface area (Å²) in [5.74, 6) is -17.6. The average Bonchev–Trinajstić information content (AvgIpc) is 3.31. The van der Waals surface area contributed by atoms with E-state index in [-0.39, 0.29) is 12.5 Å². The second kappa shape index (κ2) is 7.90. The van der Waals surface area contributed by atoms with Crippen LogP contribution in [0.3, 0.4) is 0 Å². The number of esters is 2. The zero-order chi connectivity index (χ0) is 25.4. The number of fused-ring (bicyclic) bond motifs is 1. The van der Waals surface area contributed by atoms with E-state index in [1.165, 1.54) is 4.90 Å². The molecule has 1 aromatic rings. The summed E-state index contributed by atoms with van der Waals surface area (Å²) in [6.45, 7) is 4.59. The molecule has 9 nitrogen and oxygen atoms in total. The first-order valence-corrected chi connectivity index (χ1v) is 11.7. The van der Waals surface area contributed by atoms with Crippen molar-refractivity contribution in [1.29, 1.82) is 0 Å². The molecule has 0 aromatic heterocycles. The van der Waals surface area contributed by atoms with Crippen LogP contribution >= 0.6 is 0 Å². The fourth-order valence-corrected chi connectivity index (χ4v) is 6.32. The third-order valence-electron chi connectivity index (χ3n) is 6.69. The van der Waals surface area contributed by atoms with Gasteiger partial charge >= 0.3 is 22.1 Å². The Balaban J connectivity index is 1.73. The van der Waals surface area contributed by atoms with Gasteiger partial charge in [-0.2, -0.15) is 17.2 Å². The van der Waals surface area contributed by atoms with Gasteiger partial charge in [0, 0.05) is 18.9 Å². The molecule has 4 rings (SSSR count). The molecule has 1 N–H and O–H groups in total. The van der Waals surface area contributed by atoms with Crippen molar-refractivity contribution in [2.75, 3.05) is 0 Å². The lowest BCUT2D eigenvalue weighted by atomic mass is 9.78. The highest BCUT2D eigenvalue weighted by molar-refractivity contribution is 7.85. The largest absolute Gasteiger partial charge is 0.460 e. The first-order chi connectivity index (χ1) is 15.7. The van der Waals surface area contributed by atoms with E-state index in [0.29, 0.717) is 0 Å². The topological polar surface area (TPSA) is 127 Å². The van der Waals surface area contributed by atoms with Crippen molar-refractivity contribution in [3.05, 3.63) is 23.3 Å². The molecule has 1 amide bonds. The average molecular weight is 509 g/mol. The summed E-state index contributed by atoms with van der Waals surface area (Å²) in [6, 6.07) is -0.824. The summed E-state index contributed by atoms with van der Waals surface area (Å²) < 4.78 is 98.0. The molecule has 34 heavy (non-hydrogen) atoms. The molecule has 3 fully saturated rings. The molecule has 2 aliphatic carbocycles. The molecule has 1 aliphatic heterocycles. The molecule has 2 bridgehead atoms. The van der Waals surface area contributed by atoms with Crippen LogP contribution < -0.4 is 4.74 Å². The summed E-state index contributed by atoms with van der Waals surface area (Å²) >= 11 is 0. The van der Waals surface area contributed by atoms with E-state index >= 15 is 0 Å². The van der Waals surface area contributed by atoms with E-state index < -0.39 is 97.7 Å². The number of amides is 1. The Bertz CT molecular complexity index is 1190. The summed E-state index contributed by atoms with van der Waals surface area (Å²) in [4.78, 5) is 36.9. The number of benzene rings is 1. The Morgan fingerprint density at radius 3 is 2.09 bits per heavy atom. The Morgan fingerprint density at radius 1 is 1.06 bits per heavy atom. The Labute approximate surface area is 190 Å². The highest BCUT2D eigenvalue weighted by atomic mass is 32.2. The number of hydrogen-bond acceptors (Lipinski definition) is 7. The second-order valence-corrected chi connectivity index (χ2v) is 10.2. The van der Waals surface area contributed by atoms with E-state index in [4.69, 9.17) is 9.29 Å². The lowest BCUT2D eigenvalue weighted by Gasteiger charge is -2.35. The van der Waals surface area contributed by atoms with Gasteiger partial charge in [-0.05, 0) is 26.2 Å². The van der Waals surface area contributed by atoms with Crippen molar-refractivity contribution >= 4 is 28.0 Å². The van der Waals surface area contributed by atoms with Gasteiger partial charge < -0.3 is 14.4 Å². The molecule has 3 aliphatic rings. The molecule has 1 aromatic carbocycles. The first kappa shape index (κ1) is 24.4. The number of rotatable bonds is 5. The number of carbonyl (C=O) groups is 3.